The molecule has 2 fully saturated rings. The maximum Gasteiger partial charge on any atom is 0.158 e. The van der Waals surface area contributed by atoms with Gasteiger partial charge in [-0.25, -0.2) is 0 Å². The zero-order valence-corrected chi connectivity index (χ0v) is 13.7. The minimum atomic E-state index is -0.152. The molecule has 2 heterocycles. The first-order chi connectivity index (χ1) is 11.3. The van der Waals surface area contributed by atoms with Gasteiger partial charge in [0, 0.05) is 0 Å². The van der Waals surface area contributed by atoms with Crippen LogP contribution in [-0.2, 0) is 28.4 Å². The Morgan fingerprint density at radius 3 is 1.74 bits per heavy atom. The van der Waals surface area contributed by atoms with Crippen molar-refractivity contribution in [3.63, 3.8) is 0 Å². The van der Waals surface area contributed by atoms with E-state index in [-0.39, 0.29) is 24.8 Å². The molecular weight excluding hydrogens is 300 g/mol. The van der Waals surface area contributed by atoms with Crippen molar-refractivity contribution in [3.05, 3.63) is 25.3 Å². The average molecular weight is 328 g/mol. The molecule has 0 amide bonds. The summed E-state index contributed by atoms with van der Waals surface area (Å²) in [7, 11) is 0. The van der Waals surface area contributed by atoms with E-state index in [2.05, 4.69) is 13.2 Å². The highest BCUT2D eigenvalue weighted by atomic mass is 16.7. The predicted octanol–water partition coefficient (Wildman–Crippen LogP) is 2.04. The minimum absolute atomic E-state index is 0.0188. The third-order valence-electron chi connectivity index (χ3n) is 3.58. The third-order valence-corrected chi connectivity index (χ3v) is 3.58. The van der Waals surface area contributed by atoms with Gasteiger partial charge in [0.1, 0.15) is 12.2 Å². The first-order valence-electron chi connectivity index (χ1n) is 8.23. The second-order valence-electron chi connectivity index (χ2n) is 5.63. The van der Waals surface area contributed by atoms with Crippen molar-refractivity contribution < 1.29 is 28.4 Å². The van der Waals surface area contributed by atoms with Crippen LogP contribution in [0, 0.1) is 0 Å². The number of hydrogen-bond donors (Lipinski definition) is 0. The summed E-state index contributed by atoms with van der Waals surface area (Å²) in [6.07, 6.45) is 5.78. The van der Waals surface area contributed by atoms with Crippen molar-refractivity contribution in [1.29, 1.82) is 0 Å². The number of hydrogen-bond acceptors (Lipinski definition) is 6. The van der Waals surface area contributed by atoms with Crippen LogP contribution in [0.1, 0.15) is 19.3 Å². The summed E-state index contributed by atoms with van der Waals surface area (Å²) >= 11 is 0. The summed E-state index contributed by atoms with van der Waals surface area (Å²) in [5.41, 5.74) is 0. The fourth-order valence-electron chi connectivity index (χ4n) is 2.51. The van der Waals surface area contributed by atoms with Crippen LogP contribution in [0.4, 0.5) is 0 Å². The van der Waals surface area contributed by atoms with E-state index >= 15 is 0 Å². The average Bonchev–Trinajstić information content (AvgIpc) is 3.18. The van der Waals surface area contributed by atoms with E-state index in [1.54, 1.807) is 12.2 Å². The summed E-state index contributed by atoms with van der Waals surface area (Å²) in [4.78, 5) is 0. The summed E-state index contributed by atoms with van der Waals surface area (Å²) in [6.45, 7) is 10.6. The molecule has 23 heavy (non-hydrogen) atoms. The summed E-state index contributed by atoms with van der Waals surface area (Å²) in [6, 6.07) is 0. The van der Waals surface area contributed by atoms with Crippen LogP contribution < -0.4 is 0 Å². The highest BCUT2D eigenvalue weighted by Gasteiger charge is 2.28. The summed E-state index contributed by atoms with van der Waals surface area (Å²) < 4.78 is 33.5. The first kappa shape index (κ1) is 18.6. The fourth-order valence-corrected chi connectivity index (χ4v) is 2.51. The third kappa shape index (κ3) is 7.12. The quantitative estimate of drug-likeness (QED) is 0.404. The monoisotopic (exact) mass is 328 g/mol. The van der Waals surface area contributed by atoms with Crippen LogP contribution >= 0.6 is 0 Å². The van der Waals surface area contributed by atoms with Crippen LogP contribution in [0.3, 0.4) is 0 Å². The molecule has 0 spiro atoms. The smallest absolute Gasteiger partial charge is 0.158 e. The van der Waals surface area contributed by atoms with E-state index in [1.165, 1.54) is 0 Å². The molecule has 6 nitrogen and oxygen atoms in total. The molecule has 4 atom stereocenters. The van der Waals surface area contributed by atoms with Crippen LogP contribution in [0.15, 0.2) is 25.3 Å². The lowest BCUT2D eigenvalue weighted by molar-refractivity contribution is -0.0910. The van der Waals surface area contributed by atoms with Crippen LogP contribution in [0.25, 0.3) is 0 Å². The molecule has 2 aliphatic rings. The Kier molecular flexibility index (Phi) is 8.81. The van der Waals surface area contributed by atoms with Gasteiger partial charge in [-0.15, -0.1) is 13.2 Å². The SMILES string of the molecule is C=CCOCC1COC(CCCC2OCC(COCC=C)O2)O1. The van der Waals surface area contributed by atoms with E-state index in [0.717, 1.165) is 19.3 Å². The summed E-state index contributed by atoms with van der Waals surface area (Å²) in [5.74, 6) is 0. The van der Waals surface area contributed by atoms with Crippen LogP contribution in [0.2, 0.25) is 0 Å². The molecule has 2 saturated heterocycles. The van der Waals surface area contributed by atoms with Crippen molar-refractivity contribution in [2.75, 3.05) is 39.6 Å². The van der Waals surface area contributed by atoms with Crippen molar-refractivity contribution >= 4 is 0 Å². The van der Waals surface area contributed by atoms with Gasteiger partial charge in [0.2, 0.25) is 0 Å². The fraction of sp³-hybridized carbons (Fsp3) is 0.765. The molecule has 6 heteroatoms. The predicted molar refractivity (Wildman–Crippen MR) is 85.1 cm³/mol. The molecule has 0 bridgehead atoms. The topological polar surface area (TPSA) is 55.4 Å². The molecule has 0 N–H and O–H groups in total. The second kappa shape index (κ2) is 10.9. The van der Waals surface area contributed by atoms with Gasteiger partial charge in [0.25, 0.3) is 0 Å². The Hall–Kier alpha value is -0.760. The highest BCUT2D eigenvalue weighted by molar-refractivity contribution is 4.70. The molecule has 132 valence electrons. The summed E-state index contributed by atoms with van der Waals surface area (Å²) in [5, 5.41) is 0. The normalized spacial score (nSPS) is 30.6. The van der Waals surface area contributed by atoms with E-state index in [4.69, 9.17) is 28.4 Å². The number of rotatable bonds is 12. The number of ether oxygens (including phenoxy) is 6. The maximum atomic E-state index is 5.77. The molecule has 0 aromatic rings. The van der Waals surface area contributed by atoms with Crippen molar-refractivity contribution in [3.8, 4) is 0 Å². The van der Waals surface area contributed by atoms with E-state index in [1.807, 2.05) is 0 Å². The van der Waals surface area contributed by atoms with E-state index in [0.29, 0.717) is 39.6 Å². The highest BCUT2D eigenvalue weighted by Crippen LogP contribution is 2.21. The second-order valence-corrected chi connectivity index (χ2v) is 5.63. The largest absolute Gasteiger partial charge is 0.375 e. The Labute approximate surface area is 138 Å². The Balaban J connectivity index is 1.49. The van der Waals surface area contributed by atoms with Gasteiger partial charge in [0.05, 0.1) is 39.6 Å². The van der Waals surface area contributed by atoms with Gasteiger partial charge >= 0.3 is 0 Å². The molecule has 2 rings (SSSR count). The Morgan fingerprint density at radius 2 is 1.30 bits per heavy atom. The molecule has 0 aromatic carbocycles. The van der Waals surface area contributed by atoms with Crippen LogP contribution in [-0.4, -0.2) is 64.4 Å². The van der Waals surface area contributed by atoms with Gasteiger partial charge in [-0.05, 0) is 19.3 Å². The van der Waals surface area contributed by atoms with E-state index < -0.39 is 0 Å². The van der Waals surface area contributed by atoms with Gasteiger partial charge in [-0.2, -0.15) is 0 Å². The minimum Gasteiger partial charge on any atom is -0.375 e. The van der Waals surface area contributed by atoms with Gasteiger partial charge in [0.15, 0.2) is 12.6 Å². The Morgan fingerprint density at radius 1 is 0.826 bits per heavy atom. The first-order valence-corrected chi connectivity index (χ1v) is 8.23. The van der Waals surface area contributed by atoms with Crippen molar-refractivity contribution in [2.45, 2.75) is 44.1 Å². The lowest BCUT2D eigenvalue weighted by atomic mass is 10.2. The Bertz CT molecular complexity index is 316. The van der Waals surface area contributed by atoms with Gasteiger partial charge < -0.3 is 28.4 Å². The zero-order valence-electron chi connectivity index (χ0n) is 13.7. The molecule has 2 aliphatic heterocycles. The lowest BCUT2D eigenvalue weighted by Crippen LogP contribution is -2.20. The molecular formula is C17H28O6. The molecule has 0 aliphatic carbocycles. The standard InChI is InChI=1S/C17H28O6/c1-3-8-18-10-14-12-20-16(22-14)6-5-7-17-21-13-15(23-17)11-19-9-4-2/h3-4,14-17H,1-2,5-13H2. The van der Waals surface area contributed by atoms with Gasteiger partial charge in [-0.3, -0.25) is 0 Å². The molecule has 0 aromatic heterocycles. The van der Waals surface area contributed by atoms with Crippen molar-refractivity contribution in [1.82, 2.24) is 0 Å². The van der Waals surface area contributed by atoms with E-state index in [9.17, 15) is 0 Å². The lowest BCUT2D eigenvalue weighted by Gasteiger charge is -2.14. The van der Waals surface area contributed by atoms with Crippen LogP contribution in [0.5, 0.6) is 0 Å². The van der Waals surface area contributed by atoms with Gasteiger partial charge in [-0.1, -0.05) is 12.2 Å². The van der Waals surface area contributed by atoms with Crippen molar-refractivity contribution in [2.24, 2.45) is 0 Å². The maximum absolute atomic E-state index is 5.77. The molecule has 0 radical (unpaired) electrons. The molecule has 0 saturated carbocycles. The zero-order chi connectivity index (χ0) is 16.3. The molecule has 4 unspecified atom stereocenters.